The number of hydrogen-bond acceptors (Lipinski definition) is 2. The molecule has 1 aromatic heterocycles. The Kier molecular flexibility index (Phi) is 3.42. The van der Waals surface area contributed by atoms with Crippen molar-refractivity contribution in [3.63, 3.8) is 0 Å². The highest BCUT2D eigenvalue weighted by Crippen LogP contribution is 2.15. The van der Waals surface area contributed by atoms with Gasteiger partial charge in [0.1, 0.15) is 0 Å². The number of aromatic amines is 1. The summed E-state index contributed by atoms with van der Waals surface area (Å²) in [6, 6.07) is 7.86. The molecule has 2 N–H and O–H groups in total. The molecule has 1 aromatic carbocycles. The van der Waals surface area contributed by atoms with E-state index in [0.717, 1.165) is 23.7 Å². The fraction of sp³-hybridized carbons (Fsp3) is 0.385. The third-order valence-corrected chi connectivity index (χ3v) is 3.01. The highest BCUT2D eigenvalue weighted by molar-refractivity contribution is 6.04. The van der Waals surface area contributed by atoms with E-state index in [1.54, 1.807) is 0 Å². The van der Waals surface area contributed by atoms with Crippen molar-refractivity contribution < 1.29 is 4.79 Å². The molecular weight excluding hydrogens is 214 g/mol. The molecule has 2 aromatic rings. The fourth-order valence-corrected chi connectivity index (χ4v) is 1.88. The molecular formula is C13H17N3O. The maximum Gasteiger partial charge on any atom is 0.272 e. The van der Waals surface area contributed by atoms with Crippen LogP contribution in [0, 0.1) is 0 Å². The lowest BCUT2D eigenvalue weighted by Gasteiger charge is -2.13. The Labute approximate surface area is 100 Å². The Morgan fingerprint density at radius 1 is 1.35 bits per heavy atom. The molecule has 0 saturated heterocycles. The SMILES string of the molecule is CCC(CC)NC(=O)c1n[nH]c2ccccc12. The first-order valence-electron chi connectivity index (χ1n) is 6.00. The largest absolute Gasteiger partial charge is 0.348 e. The van der Waals surface area contributed by atoms with Crippen molar-refractivity contribution in [2.75, 3.05) is 0 Å². The molecule has 0 unspecified atom stereocenters. The van der Waals surface area contributed by atoms with Gasteiger partial charge in [-0.3, -0.25) is 9.89 Å². The van der Waals surface area contributed by atoms with Gasteiger partial charge in [0.25, 0.3) is 5.91 Å². The molecule has 1 amide bonds. The Morgan fingerprint density at radius 3 is 2.76 bits per heavy atom. The number of nitrogens with zero attached hydrogens (tertiary/aromatic N) is 1. The van der Waals surface area contributed by atoms with Crippen molar-refractivity contribution in [3.8, 4) is 0 Å². The molecule has 0 aliphatic carbocycles. The molecule has 0 radical (unpaired) electrons. The van der Waals surface area contributed by atoms with Gasteiger partial charge in [-0.25, -0.2) is 0 Å². The number of carbonyl (C=O) groups is 1. The van der Waals surface area contributed by atoms with E-state index in [2.05, 4.69) is 29.4 Å². The van der Waals surface area contributed by atoms with Crippen molar-refractivity contribution >= 4 is 16.8 Å². The normalized spacial score (nSPS) is 11.0. The summed E-state index contributed by atoms with van der Waals surface area (Å²) < 4.78 is 0. The van der Waals surface area contributed by atoms with Crippen LogP contribution >= 0.6 is 0 Å². The molecule has 1 heterocycles. The molecule has 0 aliphatic rings. The van der Waals surface area contributed by atoms with Crippen LogP contribution in [0.15, 0.2) is 24.3 Å². The van der Waals surface area contributed by atoms with E-state index in [4.69, 9.17) is 0 Å². The van der Waals surface area contributed by atoms with E-state index < -0.39 is 0 Å². The summed E-state index contributed by atoms with van der Waals surface area (Å²) in [7, 11) is 0. The van der Waals surface area contributed by atoms with E-state index in [9.17, 15) is 4.79 Å². The average molecular weight is 231 g/mol. The van der Waals surface area contributed by atoms with Crippen molar-refractivity contribution in [2.45, 2.75) is 32.7 Å². The molecule has 2 rings (SSSR count). The second kappa shape index (κ2) is 4.99. The van der Waals surface area contributed by atoms with Gasteiger partial charge in [0.05, 0.1) is 5.52 Å². The maximum absolute atomic E-state index is 12.1. The summed E-state index contributed by atoms with van der Waals surface area (Å²) in [6.07, 6.45) is 1.87. The van der Waals surface area contributed by atoms with Gasteiger partial charge in [0, 0.05) is 11.4 Å². The zero-order valence-corrected chi connectivity index (χ0v) is 10.2. The summed E-state index contributed by atoms with van der Waals surface area (Å²) in [6.45, 7) is 4.13. The van der Waals surface area contributed by atoms with Crippen LogP contribution in [-0.2, 0) is 0 Å². The van der Waals surface area contributed by atoms with Gasteiger partial charge in [-0.05, 0) is 18.9 Å². The van der Waals surface area contributed by atoms with E-state index in [1.165, 1.54) is 0 Å². The van der Waals surface area contributed by atoms with Crippen LogP contribution in [0.25, 0.3) is 10.9 Å². The molecule has 0 aliphatic heterocycles. The Balaban J connectivity index is 2.25. The van der Waals surface area contributed by atoms with Crippen molar-refractivity contribution in [2.24, 2.45) is 0 Å². The quantitative estimate of drug-likeness (QED) is 0.849. The standard InChI is InChI=1S/C13H17N3O/c1-3-9(4-2)14-13(17)12-10-7-5-6-8-11(10)15-16-12/h5-9H,3-4H2,1-2H3,(H,14,17)(H,15,16). The van der Waals surface area contributed by atoms with Gasteiger partial charge in [0.15, 0.2) is 5.69 Å². The Morgan fingerprint density at radius 2 is 2.06 bits per heavy atom. The molecule has 4 nitrogen and oxygen atoms in total. The minimum atomic E-state index is -0.101. The van der Waals surface area contributed by atoms with Crippen LogP contribution in [0.4, 0.5) is 0 Å². The Hall–Kier alpha value is -1.84. The number of aromatic nitrogens is 2. The van der Waals surface area contributed by atoms with Gasteiger partial charge in [-0.1, -0.05) is 32.0 Å². The summed E-state index contributed by atoms with van der Waals surface area (Å²) in [5.74, 6) is -0.101. The van der Waals surface area contributed by atoms with Crippen LogP contribution in [-0.4, -0.2) is 22.1 Å². The van der Waals surface area contributed by atoms with E-state index >= 15 is 0 Å². The molecule has 0 atom stereocenters. The van der Waals surface area contributed by atoms with Crippen LogP contribution in [0.3, 0.4) is 0 Å². The van der Waals surface area contributed by atoms with E-state index in [0.29, 0.717) is 5.69 Å². The third-order valence-electron chi connectivity index (χ3n) is 3.01. The van der Waals surface area contributed by atoms with Crippen molar-refractivity contribution in [3.05, 3.63) is 30.0 Å². The number of amides is 1. The number of H-pyrrole nitrogens is 1. The first kappa shape index (κ1) is 11.6. The van der Waals surface area contributed by atoms with Crippen LogP contribution in [0.5, 0.6) is 0 Å². The minimum Gasteiger partial charge on any atom is -0.348 e. The van der Waals surface area contributed by atoms with Gasteiger partial charge in [-0.2, -0.15) is 5.10 Å². The second-order valence-corrected chi connectivity index (χ2v) is 4.10. The lowest BCUT2D eigenvalue weighted by Crippen LogP contribution is -2.34. The number of hydrogen-bond donors (Lipinski definition) is 2. The first-order chi connectivity index (χ1) is 8.26. The minimum absolute atomic E-state index is 0.101. The fourth-order valence-electron chi connectivity index (χ4n) is 1.88. The lowest BCUT2D eigenvalue weighted by molar-refractivity contribution is 0.0931. The van der Waals surface area contributed by atoms with Gasteiger partial charge in [-0.15, -0.1) is 0 Å². The number of fused-ring (bicyclic) bond motifs is 1. The highest BCUT2D eigenvalue weighted by Gasteiger charge is 2.15. The van der Waals surface area contributed by atoms with Crippen molar-refractivity contribution in [1.82, 2.24) is 15.5 Å². The third kappa shape index (κ3) is 2.30. The summed E-state index contributed by atoms with van der Waals surface area (Å²) >= 11 is 0. The monoisotopic (exact) mass is 231 g/mol. The maximum atomic E-state index is 12.1. The lowest BCUT2D eigenvalue weighted by atomic mass is 10.1. The number of para-hydroxylation sites is 1. The number of nitrogens with one attached hydrogen (secondary N) is 2. The summed E-state index contributed by atoms with van der Waals surface area (Å²) in [5, 5.41) is 10.8. The van der Waals surface area contributed by atoms with E-state index in [1.807, 2.05) is 24.3 Å². The average Bonchev–Trinajstić information content (AvgIpc) is 2.79. The predicted octanol–water partition coefficient (Wildman–Crippen LogP) is 2.48. The van der Waals surface area contributed by atoms with Crippen LogP contribution in [0.2, 0.25) is 0 Å². The second-order valence-electron chi connectivity index (χ2n) is 4.10. The molecule has 4 heteroatoms. The smallest absolute Gasteiger partial charge is 0.272 e. The van der Waals surface area contributed by atoms with Crippen LogP contribution in [0.1, 0.15) is 37.2 Å². The number of benzene rings is 1. The summed E-state index contributed by atoms with van der Waals surface area (Å²) in [4.78, 5) is 12.1. The molecule has 0 saturated carbocycles. The Bertz CT molecular complexity index is 514. The zero-order chi connectivity index (χ0) is 12.3. The molecule has 0 bridgehead atoms. The molecule has 0 fully saturated rings. The predicted molar refractivity (Wildman–Crippen MR) is 67.9 cm³/mol. The van der Waals surface area contributed by atoms with Gasteiger partial charge >= 0.3 is 0 Å². The topological polar surface area (TPSA) is 57.8 Å². The molecule has 90 valence electrons. The molecule has 0 spiro atoms. The van der Waals surface area contributed by atoms with Crippen LogP contribution < -0.4 is 5.32 Å². The summed E-state index contributed by atoms with van der Waals surface area (Å²) in [5.41, 5.74) is 1.37. The number of carbonyl (C=O) groups excluding carboxylic acids is 1. The number of rotatable bonds is 4. The first-order valence-corrected chi connectivity index (χ1v) is 6.00. The molecule has 17 heavy (non-hydrogen) atoms. The zero-order valence-electron chi connectivity index (χ0n) is 10.2. The van der Waals surface area contributed by atoms with Gasteiger partial charge < -0.3 is 5.32 Å². The van der Waals surface area contributed by atoms with Gasteiger partial charge in [0.2, 0.25) is 0 Å². The van der Waals surface area contributed by atoms with E-state index in [-0.39, 0.29) is 11.9 Å². The highest BCUT2D eigenvalue weighted by atomic mass is 16.2. The van der Waals surface area contributed by atoms with Crippen molar-refractivity contribution in [1.29, 1.82) is 0 Å².